The number of aliphatic hydroxyl groups is 2. The fraction of sp³-hybridized carbons (Fsp3) is 0.478. The van der Waals surface area contributed by atoms with Crippen LogP contribution in [0.2, 0.25) is 0 Å². The second kappa shape index (κ2) is 26.9. The molecule has 6 amide bonds. The molecule has 7 unspecified atom stereocenters. The number of guanidine groups is 1. The lowest BCUT2D eigenvalue weighted by Crippen LogP contribution is -2.58. The zero-order valence-corrected chi connectivity index (χ0v) is 40.1. The Morgan fingerprint density at radius 1 is 0.859 bits per heavy atom. The highest BCUT2D eigenvalue weighted by Gasteiger charge is 2.46. The molecule has 5 rings (SSSR count). The Labute approximate surface area is 409 Å². The molecule has 0 radical (unpaired) electrons. The van der Waals surface area contributed by atoms with Crippen LogP contribution in [0.4, 0.5) is 10.6 Å². The largest absolute Gasteiger partial charge is 0.497 e. The summed E-state index contributed by atoms with van der Waals surface area (Å²) in [6.07, 6.45) is -0.748. The Morgan fingerprint density at radius 3 is 2.25 bits per heavy atom. The first-order valence-electron chi connectivity index (χ1n) is 22.9. The number of ether oxygens (including phenoxy) is 3. The van der Waals surface area contributed by atoms with E-state index >= 15 is 0 Å². The molecular formula is C46H64N14O11. The van der Waals surface area contributed by atoms with Gasteiger partial charge in [-0.1, -0.05) is 42.5 Å². The van der Waals surface area contributed by atoms with Crippen molar-refractivity contribution in [1.29, 1.82) is 0 Å². The number of alkyl carbamates (subject to hydrolysis) is 1. The van der Waals surface area contributed by atoms with Crippen LogP contribution in [0.5, 0.6) is 5.75 Å². The van der Waals surface area contributed by atoms with Gasteiger partial charge in [0.15, 0.2) is 29.2 Å². The third kappa shape index (κ3) is 16.2. The van der Waals surface area contributed by atoms with Crippen LogP contribution in [0.3, 0.4) is 0 Å². The molecule has 0 bridgehead atoms. The molecule has 12 N–H and O–H groups in total. The molecule has 1 saturated heterocycles. The highest BCUT2D eigenvalue weighted by atomic mass is 16.6. The summed E-state index contributed by atoms with van der Waals surface area (Å²) in [6.45, 7) is 0.526. The number of rotatable bonds is 26. The molecule has 0 spiro atoms. The van der Waals surface area contributed by atoms with Crippen molar-refractivity contribution < 1.29 is 53.2 Å². The van der Waals surface area contributed by atoms with E-state index in [1.54, 1.807) is 67.5 Å². The van der Waals surface area contributed by atoms with E-state index in [0.717, 1.165) is 5.56 Å². The molecule has 25 nitrogen and oxygen atoms in total. The zero-order chi connectivity index (χ0) is 51.5. The Morgan fingerprint density at radius 2 is 1.58 bits per heavy atom. The molecule has 0 saturated carbocycles. The Kier molecular flexibility index (Phi) is 20.6. The Bertz CT molecular complexity index is 2440. The number of fused-ring (bicyclic) bond motifs is 1. The summed E-state index contributed by atoms with van der Waals surface area (Å²) in [4.78, 5) is 98.7. The van der Waals surface area contributed by atoms with Gasteiger partial charge in [0.25, 0.3) is 0 Å². The van der Waals surface area contributed by atoms with Crippen molar-refractivity contribution in [3.05, 3.63) is 78.4 Å². The molecule has 4 aromatic rings. The normalized spacial score (nSPS) is 17.4. The average Bonchev–Trinajstić information content (AvgIpc) is 3.92. The number of benzene rings is 2. The van der Waals surface area contributed by atoms with E-state index in [9.17, 15) is 39.0 Å². The summed E-state index contributed by atoms with van der Waals surface area (Å²) in [6, 6.07) is 10.7. The highest BCUT2D eigenvalue weighted by Crippen LogP contribution is 2.33. The third-order valence-corrected chi connectivity index (χ3v) is 11.3. The summed E-state index contributed by atoms with van der Waals surface area (Å²) in [7, 11) is 5.07. The number of aromatic nitrogens is 4. The fourth-order valence-corrected chi connectivity index (χ4v) is 7.63. The van der Waals surface area contributed by atoms with Gasteiger partial charge in [-0.3, -0.25) is 33.5 Å². The van der Waals surface area contributed by atoms with Gasteiger partial charge in [0.2, 0.25) is 29.5 Å². The monoisotopic (exact) mass is 988 g/mol. The van der Waals surface area contributed by atoms with Gasteiger partial charge >= 0.3 is 6.09 Å². The summed E-state index contributed by atoms with van der Waals surface area (Å²) >= 11 is 0. The van der Waals surface area contributed by atoms with Crippen LogP contribution in [0.15, 0.2) is 72.2 Å². The van der Waals surface area contributed by atoms with E-state index in [0.29, 0.717) is 47.7 Å². The zero-order valence-electron chi connectivity index (χ0n) is 40.1. The lowest BCUT2D eigenvalue weighted by Gasteiger charge is -2.27. The summed E-state index contributed by atoms with van der Waals surface area (Å²) in [5.41, 5.74) is 13.0. The standard InChI is InChI=1S/C46H64N14O11/c1-27(62)49-19-9-8-13-32(55-35(63)22-51-41(65)31(14-10-20-50-45(47)48)57-46(68)70-24-29-11-6-5-7-12-29)42(66)56-33(21-28-15-17-30(69-4)18-16-28)43(67)58-36-34(23-61)71-44(38(36)64)60-26-54-37-39(59(2)3)52-25-53-40(37)60/h5-7,11-12,15-18,25-26,31-34,36,38,44,61,64H,8-10,13-14,19-24H2,1-4H3,(H,49,62)(H,51,65)(H,55,63)(H,56,66)(H,57,68)(H,58,67)(H4,47,48,50). The van der Waals surface area contributed by atoms with Crippen LogP contribution in [-0.2, 0) is 46.5 Å². The number of nitrogens with two attached hydrogens (primary N) is 2. The minimum absolute atomic E-state index is 0.0472. The summed E-state index contributed by atoms with van der Waals surface area (Å²) in [5, 5.41) is 38.0. The number of imidazole rings is 1. The van der Waals surface area contributed by atoms with Gasteiger partial charge in [-0.25, -0.2) is 19.7 Å². The first-order chi connectivity index (χ1) is 34.1. The van der Waals surface area contributed by atoms with Crippen molar-refractivity contribution in [2.45, 2.75) is 94.7 Å². The van der Waals surface area contributed by atoms with Crippen molar-refractivity contribution in [2.75, 3.05) is 52.3 Å². The van der Waals surface area contributed by atoms with Crippen molar-refractivity contribution >= 4 is 58.6 Å². The lowest BCUT2D eigenvalue weighted by molar-refractivity contribution is -0.133. The number of unbranched alkanes of at least 4 members (excludes halogenated alkanes) is 1. The first-order valence-corrected chi connectivity index (χ1v) is 22.9. The van der Waals surface area contributed by atoms with Crippen LogP contribution in [0, 0.1) is 0 Å². The van der Waals surface area contributed by atoms with E-state index in [-0.39, 0.29) is 50.7 Å². The molecule has 1 aliphatic heterocycles. The second-order valence-corrected chi connectivity index (χ2v) is 16.8. The number of aliphatic imine (C=N–C) groups is 1. The van der Waals surface area contributed by atoms with Crippen molar-refractivity contribution in [1.82, 2.24) is 51.4 Å². The lowest BCUT2D eigenvalue weighted by atomic mass is 10.0. The van der Waals surface area contributed by atoms with Gasteiger partial charge in [-0.15, -0.1) is 0 Å². The van der Waals surface area contributed by atoms with Crippen molar-refractivity contribution in [3.63, 3.8) is 0 Å². The number of aliphatic hydroxyl groups excluding tert-OH is 2. The van der Waals surface area contributed by atoms with Gasteiger partial charge in [-0.2, -0.15) is 0 Å². The predicted molar refractivity (Wildman–Crippen MR) is 258 cm³/mol. The minimum Gasteiger partial charge on any atom is -0.497 e. The maximum Gasteiger partial charge on any atom is 0.408 e. The molecule has 0 aliphatic carbocycles. The second-order valence-electron chi connectivity index (χ2n) is 16.8. The van der Waals surface area contributed by atoms with Gasteiger partial charge in [-0.05, 0) is 55.4 Å². The number of methoxy groups -OCH3 is 1. The molecule has 1 aliphatic rings. The number of amides is 6. The Balaban J connectivity index is 1.31. The van der Waals surface area contributed by atoms with Crippen LogP contribution >= 0.6 is 0 Å². The smallest absolute Gasteiger partial charge is 0.408 e. The number of anilines is 1. The van der Waals surface area contributed by atoms with Gasteiger partial charge in [0.1, 0.15) is 49.0 Å². The molecule has 2 aromatic carbocycles. The van der Waals surface area contributed by atoms with Crippen LogP contribution < -0.4 is 53.0 Å². The molecule has 7 atom stereocenters. The SMILES string of the molecule is COc1ccc(CC(NC(=O)C(CCCCNC(C)=O)NC(=O)CNC(=O)C(CCCN=C(N)N)NC(=O)OCc2ccccc2)C(=O)NC2C(CO)OC(n3cnc4c(N(C)C)ncnc43)C2O)cc1. The molecule has 1 fully saturated rings. The topological polar surface area (TPSA) is 354 Å². The number of nitrogens with zero attached hydrogens (tertiary/aromatic N) is 6. The maximum atomic E-state index is 14.4. The fourth-order valence-electron chi connectivity index (χ4n) is 7.63. The number of hydrogen-bond acceptors (Lipinski definition) is 16. The number of hydrogen-bond donors (Lipinski definition) is 10. The molecule has 3 heterocycles. The first kappa shape index (κ1) is 54.3. The van der Waals surface area contributed by atoms with Gasteiger partial charge in [0.05, 0.1) is 32.6 Å². The van der Waals surface area contributed by atoms with Gasteiger partial charge in [0, 0.05) is 40.5 Å². The maximum absolute atomic E-state index is 14.4. The highest BCUT2D eigenvalue weighted by molar-refractivity contribution is 5.94. The van der Waals surface area contributed by atoms with E-state index in [4.69, 9.17) is 25.7 Å². The third-order valence-electron chi connectivity index (χ3n) is 11.3. The number of carbonyl (C=O) groups excluding carboxylic acids is 6. The molecule has 2 aromatic heterocycles. The molecular weight excluding hydrogens is 925 g/mol. The predicted octanol–water partition coefficient (Wildman–Crippen LogP) is -1.38. The average molecular weight is 989 g/mol. The number of nitrogens with one attached hydrogen (secondary N) is 6. The van der Waals surface area contributed by atoms with E-state index in [1.807, 2.05) is 6.07 Å². The van der Waals surface area contributed by atoms with Crippen molar-refractivity contribution in [3.8, 4) is 5.75 Å². The van der Waals surface area contributed by atoms with Gasteiger partial charge < -0.3 is 72.7 Å². The van der Waals surface area contributed by atoms with Crippen LogP contribution in [0.1, 0.15) is 56.4 Å². The summed E-state index contributed by atoms with van der Waals surface area (Å²) < 4.78 is 18.2. The van der Waals surface area contributed by atoms with E-state index in [1.165, 1.54) is 31.3 Å². The molecule has 25 heteroatoms. The quantitative estimate of drug-likeness (QED) is 0.0197. The Hall–Kier alpha value is -7.64. The number of carbonyl (C=O) groups is 6. The summed E-state index contributed by atoms with van der Waals surface area (Å²) in [5.74, 6) is -2.37. The van der Waals surface area contributed by atoms with Crippen LogP contribution in [0.25, 0.3) is 11.2 Å². The molecule has 71 heavy (non-hydrogen) atoms. The molecule has 384 valence electrons. The minimum atomic E-state index is -1.44. The van der Waals surface area contributed by atoms with E-state index < -0.39 is 85.5 Å². The van der Waals surface area contributed by atoms with Crippen molar-refractivity contribution in [2.24, 2.45) is 16.5 Å². The van der Waals surface area contributed by atoms with E-state index in [2.05, 4.69) is 51.8 Å². The van der Waals surface area contributed by atoms with Crippen LogP contribution in [-0.4, -0.2) is 155 Å².